The number of rotatable bonds is 23. The number of hydrogen-bond donors (Lipinski definition) is 2. The van der Waals surface area contributed by atoms with Crippen LogP contribution >= 0.6 is 0 Å². The fraction of sp³-hybridized carbons (Fsp3) is 1.00. The van der Waals surface area contributed by atoms with Crippen molar-refractivity contribution in [3.63, 3.8) is 0 Å². The van der Waals surface area contributed by atoms with Gasteiger partial charge in [0, 0.05) is 0 Å². The molecule has 0 radical (unpaired) electrons. The van der Waals surface area contributed by atoms with Crippen LogP contribution in [0.4, 0.5) is 0 Å². The molecular formula is C24H52N2. The molecule has 0 aliphatic carbocycles. The second-order valence-electron chi connectivity index (χ2n) is 8.16. The first-order valence-electron chi connectivity index (χ1n) is 12.3. The SMILES string of the molecule is CCCCCCCCCCNCCCCNCCCCCCCCCC. The van der Waals surface area contributed by atoms with Crippen LogP contribution in [-0.4, -0.2) is 26.2 Å². The van der Waals surface area contributed by atoms with Gasteiger partial charge in [0.1, 0.15) is 0 Å². The van der Waals surface area contributed by atoms with E-state index in [1.54, 1.807) is 0 Å². The summed E-state index contributed by atoms with van der Waals surface area (Å²) in [4.78, 5) is 0. The van der Waals surface area contributed by atoms with E-state index in [1.807, 2.05) is 0 Å². The highest BCUT2D eigenvalue weighted by molar-refractivity contribution is 4.54. The third-order valence-corrected chi connectivity index (χ3v) is 5.37. The lowest BCUT2D eigenvalue weighted by molar-refractivity contribution is 0.529. The summed E-state index contributed by atoms with van der Waals surface area (Å²) in [6.07, 6.45) is 25.3. The van der Waals surface area contributed by atoms with Gasteiger partial charge in [-0.3, -0.25) is 0 Å². The van der Waals surface area contributed by atoms with E-state index in [2.05, 4.69) is 24.5 Å². The summed E-state index contributed by atoms with van der Waals surface area (Å²) in [5.74, 6) is 0. The molecule has 0 bridgehead atoms. The van der Waals surface area contributed by atoms with Crippen LogP contribution in [0, 0.1) is 0 Å². The largest absolute Gasteiger partial charge is 0.317 e. The fourth-order valence-electron chi connectivity index (χ4n) is 3.52. The third kappa shape index (κ3) is 23.9. The molecule has 0 aliphatic heterocycles. The Morgan fingerprint density at radius 3 is 0.846 bits per heavy atom. The van der Waals surface area contributed by atoms with Gasteiger partial charge in [0.2, 0.25) is 0 Å². The van der Waals surface area contributed by atoms with Gasteiger partial charge in [0.05, 0.1) is 0 Å². The zero-order chi connectivity index (χ0) is 19.0. The van der Waals surface area contributed by atoms with Gasteiger partial charge in [-0.2, -0.15) is 0 Å². The minimum absolute atomic E-state index is 1.20. The first kappa shape index (κ1) is 25.9. The highest BCUT2D eigenvalue weighted by Crippen LogP contribution is 2.08. The standard InChI is InChI=1S/C24H52N2/c1-3-5-7-9-11-13-15-17-21-25-23-19-20-24-26-22-18-16-14-12-10-8-6-4-2/h25-26H,3-24H2,1-2H3. The lowest BCUT2D eigenvalue weighted by Gasteiger charge is -2.07. The molecule has 0 fully saturated rings. The van der Waals surface area contributed by atoms with Crippen LogP contribution in [0.5, 0.6) is 0 Å². The number of nitrogens with one attached hydrogen (secondary N) is 2. The smallest absolute Gasteiger partial charge is 0.00484 e. The molecule has 0 aromatic carbocycles. The first-order chi connectivity index (χ1) is 12.9. The summed E-state index contributed by atoms with van der Waals surface area (Å²) in [6.45, 7) is 9.44. The van der Waals surface area contributed by atoms with Crippen molar-refractivity contribution in [2.24, 2.45) is 0 Å². The lowest BCUT2D eigenvalue weighted by Crippen LogP contribution is -2.20. The Labute approximate surface area is 166 Å². The summed E-state index contributed by atoms with van der Waals surface area (Å²) >= 11 is 0. The van der Waals surface area contributed by atoms with Crippen LogP contribution in [0.1, 0.15) is 129 Å². The first-order valence-corrected chi connectivity index (χ1v) is 12.3. The molecule has 2 nitrogen and oxygen atoms in total. The van der Waals surface area contributed by atoms with Gasteiger partial charge in [-0.15, -0.1) is 0 Å². The van der Waals surface area contributed by atoms with Crippen LogP contribution in [0.2, 0.25) is 0 Å². The molecule has 0 heterocycles. The fourth-order valence-corrected chi connectivity index (χ4v) is 3.52. The summed E-state index contributed by atoms with van der Waals surface area (Å²) in [5, 5.41) is 7.22. The van der Waals surface area contributed by atoms with E-state index in [9.17, 15) is 0 Å². The minimum Gasteiger partial charge on any atom is -0.317 e. The van der Waals surface area contributed by atoms with Crippen molar-refractivity contribution >= 4 is 0 Å². The summed E-state index contributed by atoms with van der Waals surface area (Å²) in [5.41, 5.74) is 0. The topological polar surface area (TPSA) is 24.1 Å². The van der Waals surface area contributed by atoms with Crippen molar-refractivity contribution < 1.29 is 0 Å². The molecule has 2 heteroatoms. The Morgan fingerprint density at radius 2 is 0.538 bits per heavy atom. The Morgan fingerprint density at radius 1 is 0.308 bits per heavy atom. The maximum Gasteiger partial charge on any atom is -0.00484 e. The van der Waals surface area contributed by atoms with E-state index in [1.165, 1.54) is 142 Å². The zero-order valence-electron chi connectivity index (χ0n) is 18.6. The molecule has 26 heavy (non-hydrogen) atoms. The average Bonchev–Trinajstić information content (AvgIpc) is 2.66. The predicted octanol–water partition coefficient (Wildman–Crippen LogP) is 7.23. The number of hydrogen-bond acceptors (Lipinski definition) is 2. The lowest BCUT2D eigenvalue weighted by atomic mass is 10.1. The third-order valence-electron chi connectivity index (χ3n) is 5.37. The second-order valence-corrected chi connectivity index (χ2v) is 8.16. The molecule has 0 spiro atoms. The Kier molecular flexibility index (Phi) is 24.8. The van der Waals surface area contributed by atoms with Crippen molar-refractivity contribution in [3.05, 3.63) is 0 Å². The van der Waals surface area contributed by atoms with Crippen molar-refractivity contribution in [3.8, 4) is 0 Å². The molecular weight excluding hydrogens is 316 g/mol. The summed E-state index contributed by atoms with van der Waals surface area (Å²) in [7, 11) is 0. The van der Waals surface area contributed by atoms with Crippen LogP contribution < -0.4 is 10.6 Å². The molecule has 0 amide bonds. The molecule has 0 aliphatic rings. The van der Waals surface area contributed by atoms with Crippen molar-refractivity contribution in [1.82, 2.24) is 10.6 Å². The molecule has 0 aromatic heterocycles. The van der Waals surface area contributed by atoms with E-state index < -0.39 is 0 Å². The zero-order valence-corrected chi connectivity index (χ0v) is 18.6. The monoisotopic (exact) mass is 368 g/mol. The molecule has 0 rings (SSSR count). The van der Waals surface area contributed by atoms with Crippen LogP contribution in [0.25, 0.3) is 0 Å². The van der Waals surface area contributed by atoms with Gasteiger partial charge in [0.15, 0.2) is 0 Å². The van der Waals surface area contributed by atoms with Crippen molar-refractivity contribution in [2.45, 2.75) is 129 Å². The highest BCUT2D eigenvalue weighted by Gasteiger charge is 1.94. The highest BCUT2D eigenvalue weighted by atomic mass is 14.9. The van der Waals surface area contributed by atoms with E-state index in [4.69, 9.17) is 0 Å². The maximum atomic E-state index is 3.61. The quantitative estimate of drug-likeness (QED) is 0.186. The van der Waals surface area contributed by atoms with Gasteiger partial charge < -0.3 is 10.6 Å². The van der Waals surface area contributed by atoms with Crippen molar-refractivity contribution in [1.29, 1.82) is 0 Å². The molecule has 0 unspecified atom stereocenters. The average molecular weight is 369 g/mol. The van der Waals surface area contributed by atoms with Gasteiger partial charge in [-0.25, -0.2) is 0 Å². The molecule has 0 aromatic rings. The second kappa shape index (κ2) is 24.9. The number of unbranched alkanes of at least 4 members (excludes halogenated alkanes) is 15. The van der Waals surface area contributed by atoms with Gasteiger partial charge in [-0.05, 0) is 51.9 Å². The normalized spacial score (nSPS) is 11.3. The molecule has 158 valence electrons. The van der Waals surface area contributed by atoms with Gasteiger partial charge in [-0.1, -0.05) is 104 Å². The summed E-state index contributed by atoms with van der Waals surface area (Å²) in [6, 6.07) is 0. The van der Waals surface area contributed by atoms with Crippen LogP contribution in [0.15, 0.2) is 0 Å². The van der Waals surface area contributed by atoms with Crippen LogP contribution in [-0.2, 0) is 0 Å². The Balaban J connectivity index is 2.95. The Bertz CT molecular complexity index is 206. The molecule has 0 saturated heterocycles. The maximum absolute atomic E-state index is 3.61. The predicted molar refractivity (Wildman–Crippen MR) is 120 cm³/mol. The van der Waals surface area contributed by atoms with Gasteiger partial charge >= 0.3 is 0 Å². The minimum atomic E-state index is 1.20. The van der Waals surface area contributed by atoms with E-state index in [0.29, 0.717) is 0 Å². The van der Waals surface area contributed by atoms with E-state index in [0.717, 1.165) is 0 Å². The Hall–Kier alpha value is -0.0800. The summed E-state index contributed by atoms with van der Waals surface area (Å²) < 4.78 is 0. The van der Waals surface area contributed by atoms with Crippen LogP contribution in [0.3, 0.4) is 0 Å². The van der Waals surface area contributed by atoms with E-state index in [-0.39, 0.29) is 0 Å². The molecule has 0 atom stereocenters. The van der Waals surface area contributed by atoms with Gasteiger partial charge in [0.25, 0.3) is 0 Å². The molecule has 0 saturated carbocycles. The molecule has 2 N–H and O–H groups in total. The van der Waals surface area contributed by atoms with Crippen molar-refractivity contribution in [2.75, 3.05) is 26.2 Å². The van der Waals surface area contributed by atoms with E-state index >= 15 is 0 Å².